The summed E-state index contributed by atoms with van der Waals surface area (Å²) in [5, 5.41) is 15.2. The van der Waals surface area contributed by atoms with Crippen LogP contribution in [0, 0.1) is 10.1 Å². The van der Waals surface area contributed by atoms with Crippen molar-refractivity contribution >= 4 is 33.3 Å². The number of benzene rings is 2. The Labute approximate surface area is 166 Å². The molecule has 0 saturated heterocycles. The Morgan fingerprint density at radius 3 is 2.55 bits per heavy atom. The molecule has 0 atom stereocenters. The quantitative estimate of drug-likeness (QED) is 0.326. The van der Waals surface area contributed by atoms with Crippen molar-refractivity contribution in [3.8, 4) is 5.75 Å². The number of nitrogens with one attached hydrogen (secondary N) is 2. The van der Waals surface area contributed by atoms with Gasteiger partial charge in [0.2, 0.25) is 0 Å². The van der Waals surface area contributed by atoms with Gasteiger partial charge < -0.3 is 9.15 Å². The van der Waals surface area contributed by atoms with E-state index in [1.165, 1.54) is 43.9 Å². The molecule has 0 amide bonds. The van der Waals surface area contributed by atoms with Crippen molar-refractivity contribution in [1.82, 2.24) is 0 Å². The van der Waals surface area contributed by atoms with Gasteiger partial charge in [-0.15, -0.1) is 0 Å². The van der Waals surface area contributed by atoms with Gasteiger partial charge in [-0.3, -0.25) is 20.3 Å². The Hall–Kier alpha value is -3.86. The second-order valence-electron chi connectivity index (χ2n) is 5.66. The molecule has 150 valence electrons. The van der Waals surface area contributed by atoms with Crippen LogP contribution < -0.4 is 14.9 Å². The van der Waals surface area contributed by atoms with E-state index < -0.39 is 20.6 Å². The van der Waals surface area contributed by atoms with Crippen molar-refractivity contribution < 1.29 is 22.5 Å². The summed E-state index contributed by atoms with van der Waals surface area (Å²) >= 11 is 0. The largest absolute Gasteiger partial charge is 0.497 e. The summed E-state index contributed by atoms with van der Waals surface area (Å²) in [5.74, 6) is 1.01. The maximum Gasteiger partial charge on any atom is 0.295 e. The zero-order valence-corrected chi connectivity index (χ0v) is 15.9. The first-order chi connectivity index (χ1) is 13.9. The van der Waals surface area contributed by atoms with Crippen LogP contribution in [0.25, 0.3) is 0 Å². The Morgan fingerprint density at radius 2 is 1.93 bits per heavy atom. The van der Waals surface area contributed by atoms with Crippen LogP contribution in [0.1, 0.15) is 5.76 Å². The highest BCUT2D eigenvalue weighted by Gasteiger charge is 2.21. The lowest BCUT2D eigenvalue weighted by Crippen LogP contribution is -2.13. The van der Waals surface area contributed by atoms with Gasteiger partial charge in [-0.1, -0.05) is 0 Å². The van der Waals surface area contributed by atoms with E-state index >= 15 is 0 Å². The number of rotatable bonds is 8. The number of ether oxygens (including phenoxy) is 1. The molecule has 0 fully saturated rings. The van der Waals surface area contributed by atoms with Crippen molar-refractivity contribution in [3.05, 3.63) is 76.7 Å². The molecule has 0 unspecified atom stereocenters. The summed E-state index contributed by atoms with van der Waals surface area (Å²) in [6, 6.07) is 13.0. The van der Waals surface area contributed by atoms with Gasteiger partial charge in [-0.2, -0.15) is 5.10 Å². The van der Waals surface area contributed by atoms with E-state index in [-0.39, 0.29) is 10.6 Å². The van der Waals surface area contributed by atoms with Gasteiger partial charge >= 0.3 is 0 Å². The number of nitrogens with zero attached hydrogens (tertiary/aromatic N) is 2. The van der Waals surface area contributed by atoms with E-state index in [9.17, 15) is 18.5 Å². The standard InChI is InChI=1S/C18H16N4O6S/c1-27-14-6-4-13(5-7-14)21-29(25,26)16-8-9-17(18(11-16)22(23)24)20-19-12-15-3-2-10-28-15/h2-12,20-21H,1H3/b19-12+. The van der Waals surface area contributed by atoms with Crippen LogP contribution in [-0.4, -0.2) is 26.7 Å². The minimum Gasteiger partial charge on any atom is -0.497 e. The average Bonchev–Trinajstić information content (AvgIpc) is 3.22. The molecule has 0 aliphatic rings. The fourth-order valence-electron chi connectivity index (χ4n) is 2.33. The minimum absolute atomic E-state index is 0.0289. The van der Waals surface area contributed by atoms with Gasteiger partial charge in [0, 0.05) is 11.8 Å². The summed E-state index contributed by atoms with van der Waals surface area (Å²) in [4.78, 5) is 10.4. The van der Waals surface area contributed by atoms with Gasteiger partial charge in [0.05, 0.1) is 29.4 Å². The summed E-state index contributed by atoms with van der Waals surface area (Å²) in [5.41, 5.74) is 2.39. The SMILES string of the molecule is COc1ccc(NS(=O)(=O)c2ccc(N/N=C/c3ccco3)c([N+](=O)[O-])c2)cc1. The molecule has 10 nitrogen and oxygen atoms in total. The minimum atomic E-state index is -4.04. The Bertz CT molecular complexity index is 1130. The van der Waals surface area contributed by atoms with Gasteiger partial charge in [0.15, 0.2) is 0 Å². The van der Waals surface area contributed by atoms with E-state index in [1.807, 2.05) is 0 Å². The van der Waals surface area contributed by atoms with Crippen LogP contribution in [-0.2, 0) is 10.0 Å². The van der Waals surface area contributed by atoms with Crippen molar-refractivity contribution in [1.29, 1.82) is 0 Å². The molecule has 11 heteroatoms. The normalized spacial score (nSPS) is 11.3. The van der Waals surface area contributed by atoms with Gasteiger partial charge in [-0.25, -0.2) is 8.42 Å². The molecule has 1 aromatic heterocycles. The number of hydrogen-bond donors (Lipinski definition) is 2. The van der Waals surface area contributed by atoms with E-state index in [0.29, 0.717) is 17.2 Å². The number of furan rings is 1. The molecule has 2 aromatic carbocycles. The van der Waals surface area contributed by atoms with Crippen LogP contribution in [0.5, 0.6) is 5.75 Å². The lowest BCUT2D eigenvalue weighted by atomic mass is 10.3. The number of methoxy groups -OCH3 is 1. The van der Waals surface area contributed by atoms with Crippen LogP contribution in [0.15, 0.2) is 75.3 Å². The summed E-state index contributed by atoms with van der Waals surface area (Å²) in [7, 11) is -2.55. The fraction of sp³-hybridized carbons (Fsp3) is 0.0556. The molecule has 3 aromatic rings. The van der Waals surface area contributed by atoms with Gasteiger partial charge in [0.1, 0.15) is 17.2 Å². The van der Waals surface area contributed by atoms with Crippen molar-refractivity contribution in [2.24, 2.45) is 5.10 Å². The molecule has 3 rings (SSSR count). The first-order valence-electron chi connectivity index (χ1n) is 8.17. The molecular formula is C18H16N4O6S. The van der Waals surface area contributed by atoms with Crippen LogP contribution >= 0.6 is 0 Å². The lowest BCUT2D eigenvalue weighted by Gasteiger charge is -2.10. The third kappa shape index (κ3) is 4.90. The Kier molecular flexibility index (Phi) is 5.79. The molecule has 1 heterocycles. The van der Waals surface area contributed by atoms with Gasteiger partial charge in [-0.05, 0) is 48.5 Å². The second-order valence-corrected chi connectivity index (χ2v) is 7.34. The van der Waals surface area contributed by atoms with Gasteiger partial charge in [0.25, 0.3) is 15.7 Å². The Balaban J connectivity index is 1.83. The topological polar surface area (TPSA) is 136 Å². The zero-order valence-electron chi connectivity index (χ0n) is 15.1. The number of nitro groups is 1. The third-order valence-corrected chi connectivity index (χ3v) is 5.12. The van der Waals surface area contributed by atoms with E-state index in [2.05, 4.69) is 15.2 Å². The highest BCUT2D eigenvalue weighted by Crippen LogP contribution is 2.29. The molecule has 0 aliphatic carbocycles. The zero-order chi connectivity index (χ0) is 20.9. The first kappa shape index (κ1) is 19.9. The molecule has 0 radical (unpaired) electrons. The molecule has 0 spiro atoms. The predicted octanol–water partition coefficient (Wildman–Crippen LogP) is 3.44. The number of hydrogen-bond acceptors (Lipinski definition) is 8. The molecular weight excluding hydrogens is 400 g/mol. The lowest BCUT2D eigenvalue weighted by molar-refractivity contribution is -0.384. The fourth-order valence-corrected chi connectivity index (χ4v) is 3.41. The first-order valence-corrected chi connectivity index (χ1v) is 9.65. The van der Waals surface area contributed by atoms with E-state index in [0.717, 1.165) is 6.07 Å². The number of hydrazone groups is 1. The summed E-state index contributed by atoms with van der Waals surface area (Å²) < 4.78 is 37.6. The third-order valence-electron chi connectivity index (χ3n) is 3.74. The maximum absolute atomic E-state index is 12.6. The van der Waals surface area contributed by atoms with Crippen LogP contribution in [0.3, 0.4) is 0 Å². The molecule has 2 N–H and O–H groups in total. The number of anilines is 2. The summed E-state index contributed by atoms with van der Waals surface area (Å²) in [6.07, 6.45) is 2.79. The summed E-state index contributed by atoms with van der Waals surface area (Å²) in [6.45, 7) is 0. The van der Waals surface area contributed by atoms with Crippen LogP contribution in [0.4, 0.5) is 17.1 Å². The molecule has 0 aliphatic heterocycles. The highest BCUT2D eigenvalue weighted by molar-refractivity contribution is 7.92. The number of sulfonamides is 1. The Morgan fingerprint density at radius 1 is 1.17 bits per heavy atom. The van der Waals surface area contributed by atoms with Crippen molar-refractivity contribution in [3.63, 3.8) is 0 Å². The molecule has 0 bridgehead atoms. The van der Waals surface area contributed by atoms with Crippen molar-refractivity contribution in [2.45, 2.75) is 4.90 Å². The van der Waals surface area contributed by atoms with E-state index in [4.69, 9.17) is 9.15 Å². The number of nitro benzene ring substituents is 1. The average molecular weight is 416 g/mol. The molecule has 29 heavy (non-hydrogen) atoms. The van der Waals surface area contributed by atoms with E-state index in [1.54, 1.807) is 24.3 Å². The highest BCUT2D eigenvalue weighted by atomic mass is 32.2. The monoisotopic (exact) mass is 416 g/mol. The van der Waals surface area contributed by atoms with Crippen LogP contribution in [0.2, 0.25) is 0 Å². The maximum atomic E-state index is 12.6. The smallest absolute Gasteiger partial charge is 0.295 e. The predicted molar refractivity (Wildman–Crippen MR) is 107 cm³/mol. The van der Waals surface area contributed by atoms with Crippen molar-refractivity contribution in [2.75, 3.05) is 17.3 Å². The molecule has 0 saturated carbocycles. The second kappa shape index (κ2) is 8.44.